The van der Waals surface area contributed by atoms with Gasteiger partial charge in [0.25, 0.3) is 0 Å². The fourth-order valence-corrected chi connectivity index (χ4v) is 1.66. The largest absolute Gasteiger partial charge is 0.449 e. The van der Waals surface area contributed by atoms with E-state index in [-0.39, 0.29) is 6.03 Å². The van der Waals surface area contributed by atoms with Crippen molar-refractivity contribution in [1.29, 1.82) is 0 Å². The summed E-state index contributed by atoms with van der Waals surface area (Å²) in [5.41, 5.74) is 0. The molecule has 1 aromatic rings. The first kappa shape index (κ1) is 11.9. The number of urea groups is 1. The SMILES string of the molecule is O=C(NCCN1CCOCC1)Nc1ccco1. The van der Waals surface area contributed by atoms with Gasteiger partial charge in [-0.2, -0.15) is 0 Å². The molecule has 2 heterocycles. The highest BCUT2D eigenvalue weighted by Gasteiger charge is 2.10. The first-order valence-corrected chi connectivity index (χ1v) is 5.73. The molecule has 17 heavy (non-hydrogen) atoms. The monoisotopic (exact) mass is 239 g/mol. The predicted octanol–water partition coefficient (Wildman–Crippen LogP) is 0.733. The maximum absolute atomic E-state index is 11.4. The van der Waals surface area contributed by atoms with Gasteiger partial charge in [0.1, 0.15) is 0 Å². The van der Waals surface area contributed by atoms with Crippen molar-refractivity contribution in [2.75, 3.05) is 44.7 Å². The minimum absolute atomic E-state index is 0.242. The van der Waals surface area contributed by atoms with E-state index in [1.54, 1.807) is 12.1 Å². The molecule has 0 aliphatic carbocycles. The van der Waals surface area contributed by atoms with Crippen LogP contribution in [0.3, 0.4) is 0 Å². The number of ether oxygens (including phenoxy) is 1. The van der Waals surface area contributed by atoms with Crippen LogP contribution in [0, 0.1) is 0 Å². The highest BCUT2D eigenvalue weighted by atomic mass is 16.5. The fourth-order valence-electron chi connectivity index (χ4n) is 1.66. The third-order valence-electron chi connectivity index (χ3n) is 2.58. The van der Waals surface area contributed by atoms with Gasteiger partial charge in [-0.15, -0.1) is 0 Å². The van der Waals surface area contributed by atoms with Crippen molar-refractivity contribution in [2.24, 2.45) is 0 Å². The Morgan fingerprint density at radius 1 is 1.41 bits per heavy atom. The summed E-state index contributed by atoms with van der Waals surface area (Å²) in [4.78, 5) is 13.7. The van der Waals surface area contributed by atoms with Crippen LogP contribution in [0.15, 0.2) is 22.8 Å². The first-order valence-electron chi connectivity index (χ1n) is 5.73. The van der Waals surface area contributed by atoms with E-state index in [1.165, 1.54) is 6.26 Å². The van der Waals surface area contributed by atoms with E-state index >= 15 is 0 Å². The predicted molar refractivity (Wildman–Crippen MR) is 63.0 cm³/mol. The summed E-state index contributed by atoms with van der Waals surface area (Å²) in [6.45, 7) is 4.88. The third-order valence-corrected chi connectivity index (χ3v) is 2.58. The number of nitrogens with zero attached hydrogens (tertiary/aromatic N) is 1. The van der Waals surface area contributed by atoms with E-state index in [9.17, 15) is 4.79 Å². The molecule has 2 N–H and O–H groups in total. The van der Waals surface area contributed by atoms with Crippen molar-refractivity contribution in [3.8, 4) is 0 Å². The van der Waals surface area contributed by atoms with Crippen LogP contribution in [-0.2, 0) is 4.74 Å². The lowest BCUT2D eigenvalue weighted by Gasteiger charge is -2.26. The lowest BCUT2D eigenvalue weighted by molar-refractivity contribution is 0.0388. The summed E-state index contributed by atoms with van der Waals surface area (Å²) < 4.78 is 10.2. The number of anilines is 1. The van der Waals surface area contributed by atoms with Gasteiger partial charge in [0, 0.05) is 32.2 Å². The molecule has 6 heteroatoms. The summed E-state index contributed by atoms with van der Waals surface area (Å²) >= 11 is 0. The second-order valence-corrected chi connectivity index (χ2v) is 3.81. The van der Waals surface area contributed by atoms with Crippen molar-refractivity contribution < 1.29 is 13.9 Å². The van der Waals surface area contributed by atoms with Gasteiger partial charge in [-0.1, -0.05) is 0 Å². The molecule has 1 fully saturated rings. The van der Waals surface area contributed by atoms with Crippen LogP contribution in [0.1, 0.15) is 0 Å². The molecule has 1 aromatic heterocycles. The lowest BCUT2D eigenvalue weighted by Crippen LogP contribution is -2.42. The molecule has 0 bridgehead atoms. The van der Waals surface area contributed by atoms with Crippen molar-refractivity contribution >= 4 is 11.9 Å². The topological polar surface area (TPSA) is 66.7 Å². The molecule has 0 atom stereocenters. The van der Waals surface area contributed by atoms with Crippen LogP contribution in [0.25, 0.3) is 0 Å². The van der Waals surface area contributed by atoms with Gasteiger partial charge in [0.05, 0.1) is 19.5 Å². The standard InChI is InChI=1S/C11H17N3O3/c15-11(13-10-2-1-7-17-10)12-3-4-14-5-8-16-9-6-14/h1-2,7H,3-6,8-9H2,(H2,12,13,15). The van der Waals surface area contributed by atoms with E-state index in [2.05, 4.69) is 15.5 Å². The van der Waals surface area contributed by atoms with E-state index < -0.39 is 0 Å². The Bertz CT molecular complexity index is 334. The van der Waals surface area contributed by atoms with Crippen LogP contribution in [0.2, 0.25) is 0 Å². The van der Waals surface area contributed by atoms with Gasteiger partial charge in [0.2, 0.25) is 5.88 Å². The molecular formula is C11H17N3O3. The van der Waals surface area contributed by atoms with Crippen molar-refractivity contribution in [3.05, 3.63) is 18.4 Å². The Morgan fingerprint density at radius 3 is 2.94 bits per heavy atom. The number of hydrogen-bond acceptors (Lipinski definition) is 4. The first-order chi connectivity index (χ1) is 8.34. The number of amides is 2. The summed E-state index contributed by atoms with van der Waals surface area (Å²) in [6.07, 6.45) is 1.52. The fraction of sp³-hybridized carbons (Fsp3) is 0.545. The molecule has 0 spiro atoms. The normalized spacial score (nSPS) is 16.7. The van der Waals surface area contributed by atoms with Crippen molar-refractivity contribution in [1.82, 2.24) is 10.2 Å². The number of furan rings is 1. The molecule has 2 amide bonds. The zero-order chi connectivity index (χ0) is 11.9. The number of carbonyl (C=O) groups excluding carboxylic acids is 1. The van der Waals surface area contributed by atoms with Crippen LogP contribution in [0.5, 0.6) is 0 Å². The average Bonchev–Trinajstić information content (AvgIpc) is 2.83. The highest BCUT2D eigenvalue weighted by molar-refractivity contribution is 5.87. The molecule has 1 aliphatic rings. The third kappa shape index (κ3) is 4.08. The number of rotatable bonds is 4. The van der Waals surface area contributed by atoms with Gasteiger partial charge in [-0.3, -0.25) is 10.2 Å². The average molecular weight is 239 g/mol. The summed E-state index contributed by atoms with van der Waals surface area (Å²) in [6, 6.07) is 3.18. The summed E-state index contributed by atoms with van der Waals surface area (Å²) in [5, 5.41) is 5.38. The molecule has 2 rings (SSSR count). The smallest absolute Gasteiger partial charge is 0.321 e. The van der Waals surface area contributed by atoms with E-state index in [4.69, 9.17) is 9.15 Å². The quantitative estimate of drug-likeness (QED) is 0.813. The van der Waals surface area contributed by atoms with E-state index in [0.717, 1.165) is 32.8 Å². The maximum Gasteiger partial charge on any atom is 0.321 e. The number of hydrogen-bond donors (Lipinski definition) is 2. The number of carbonyl (C=O) groups is 1. The van der Waals surface area contributed by atoms with E-state index in [1.807, 2.05) is 0 Å². The molecule has 1 saturated heterocycles. The van der Waals surface area contributed by atoms with Gasteiger partial charge in [-0.25, -0.2) is 4.79 Å². The van der Waals surface area contributed by atoms with Crippen LogP contribution >= 0.6 is 0 Å². The van der Waals surface area contributed by atoms with Crippen molar-refractivity contribution in [3.63, 3.8) is 0 Å². The van der Waals surface area contributed by atoms with Gasteiger partial charge in [0.15, 0.2) is 0 Å². The van der Waals surface area contributed by atoms with E-state index in [0.29, 0.717) is 12.4 Å². The Labute approximate surface area is 99.9 Å². The molecule has 0 unspecified atom stereocenters. The molecule has 0 radical (unpaired) electrons. The summed E-state index contributed by atoms with van der Waals surface area (Å²) in [7, 11) is 0. The molecular weight excluding hydrogens is 222 g/mol. The van der Waals surface area contributed by atoms with Gasteiger partial charge >= 0.3 is 6.03 Å². The maximum atomic E-state index is 11.4. The Morgan fingerprint density at radius 2 is 2.24 bits per heavy atom. The lowest BCUT2D eigenvalue weighted by atomic mass is 10.4. The molecule has 1 aliphatic heterocycles. The second-order valence-electron chi connectivity index (χ2n) is 3.81. The minimum atomic E-state index is -0.242. The molecule has 94 valence electrons. The van der Waals surface area contributed by atoms with Gasteiger partial charge in [-0.05, 0) is 6.07 Å². The molecule has 0 aromatic carbocycles. The Hall–Kier alpha value is -1.53. The Kier molecular flexibility index (Phi) is 4.40. The highest BCUT2D eigenvalue weighted by Crippen LogP contribution is 2.05. The zero-order valence-corrected chi connectivity index (χ0v) is 9.65. The van der Waals surface area contributed by atoms with Crippen LogP contribution in [-0.4, -0.2) is 50.3 Å². The minimum Gasteiger partial charge on any atom is -0.449 e. The zero-order valence-electron chi connectivity index (χ0n) is 9.65. The Balaban J connectivity index is 1.59. The van der Waals surface area contributed by atoms with Crippen LogP contribution < -0.4 is 10.6 Å². The number of morpholine rings is 1. The number of nitrogens with one attached hydrogen (secondary N) is 2. The molecule has 6 nitrogen and oxygen atoms in total. The second kappa shape index (κ2) is 6.27. The summed E-state index contributed by atoms with van der Waals surface area (Å²) in [5.74, 6) is 0.453. The van der Waals surface area contributed by atoms with Crippen LogP contribution in [0.4, 0.5) is 10.7 Å². The van der Waals surface area contributed by atoms with Gasteiger partial charge < -0.3 is 14.5 Å². The molecule has 0 saturated carbocycles. The van der Waals surface area contributed by atoms with Crippen molar-refractivity contribution in [2.45, 2.75) is 0 Å².